The van der Waals surface area contributed by atoms with E-state index in [2.05, 4.69) is 5.32 Å². The monoisotopic (exact) mass is 382 g/mol. The zero-order valence-corrected chi connectivity index (χ0v) is 16.3. The zero-order valence-electron chi connectivity index (χ0n) is 16.3. The number of hydrogen-bond donors (Lipinski definition) is 1. The van der Waals surface area contributed by atoms with Crippen molar-refractivity contribution in [3.05, 3.63) is 59.7 Å². The van der Waals surface area contributed by atoms with Crippen LogP contribution in [0.15, 0.2) is 48.5 Å². The fourth-order valence-corrected chi connectivity index (χ4v) is 3.08. The van der Waals surface area contributed by atoms with Crippen LogP contribution >= 0.6 is 0 Å². The topological polar surface area (TPSA) is 67.9 Å². The molecule has 0 radical (unpaired) electrons. The van der Waals surface area contributed by atoms with E-state index in [1.807, 2.05) is 38.1 Å². The second-order valence-electron chi connectivity index (χ2n) is 6.81. The highest BCUT2D eigenvalue weighted by molar-refractivity contribution is 5.98. The van der Waals surface area contributed by atoms with Gasteiger partial charge in [-0.1, -0.05) is 25.1 Å². The van der Waals surface area contributed by atoms with Crippen LogP contribution in [0.2, 0.25) is 0 Å². The van der Waals surface area contributed by atoms with Crippen molar-refractivity contribution in [1.29, 1.82) is 0 Å². The highest BCUT2D eigenvalue weighted by Crippen LogP contribution is 2.18. The molecular formula is C22H26N2O4. The Balaban J connectivity index is 1.66. The van der Waals surface area contributed by atoms with Gasteiger partial charge in [0.1, 0.15) is 5.75 Å². The molecule has 1 atom stereocenters. The van der Waals surface area contributed by atoms with Crippen LogP contribution in [0.1, 0.15) is 29.3 Å². The Labute approximate surface area is 165 Å². The molecule has 1 aliphatic heterocycles. The van der Waals surface area contributed by atoms with Gasteiger partial charge in [-0.3, -0.25) is 9.59 Å². The largest absolute Gasteiger partial charge is 0.481 e. The van der Waals surface area contributed by atoms with E-state index in [0.717, 1.165) is 5.56 Å². The molecule has 0 bridgehead atoms. The molecule has 0 spiro atoms. The molecule has 1 heterocycles. The predicted octanol–water partition coefficient (Wildman–Crippen LogP) is 3.26. The van der Waals surface area contributed by atoms with Crippen molar-refractivity contribution in [2.45, 2.75) is 26.4 Å². The van der Waals surface area contributed by atoms with Gasteiger partial charge in [-0.25, -0.2) is 0 Å². The lowest BCUT2D eigenvalue weighted by Crippen LogP contribution is -2.40. The van der Waals surface area contributed by atoms with Gasteiger partial charge in [0, 0.05) is 24.3 Å². The number of benzene rings is 2. The number of morpholine rings is 1. The van der Waals surface area contributed by atoms with Crippen LogP contribution in [-0.2, 0) is 9.53 Å². The van der Waals surface area contributed by atoms with Gasteiger partial charge in [-0.15, -0.1) is 0 Å². The first-order chi connectivity index (χ1) is 13.6. The second-order valence-corrected chi connectivity index (χ2v) is 6.81. The Hall–Kier alpha value is -2.86. The van der Waals surface area contributed by atoms with E-state index in [9.17, 15) is 9.59 Å². The first kappa shape index (κ1) is 19.9. The average molecular weight is 382 g/mol. The number of rotatable bonds is 6. The molecule has 2 amide bonds. The molecule has 1 N–H and O–H groups in total. The number of aryl methyl sites for hydroxylation is 1. The summed E-state index contributed by atoms with van der Waals surface area (Å²) >= 11 is 0. The number of hydrogen-bond acceptors (Lipinski definition) is 4. The van der Waals surface area contributed by atoms with Crippen LogP contribution in [0.25, 0.3) is 0 Å². The van der Waals surface area contributed by atoms with Crippen molar-refractivity contribution < 1.29 is 19.1 Å². The predicted molar refractivity (Wildman–Crippen MR) is 108 cm³/mol. The number of amides is 2. The van der Waals surface area contributed by atoms with Crippen LogP contribution in [-0.4, -0.2) is 49.1 Å². The quantitative estimate of drug-likeness (QED) is 0.833. The normalized spacial score (nSPS) is 15.0. The lowest BCUT2D eigenvalue weighted by Gasteiger charge is -2.27. The van der Waals surface area contributed by atoms with Crippen LogP contribution in [0.5, 0.6) is 5.75 Å². The molecule has 0 saturated carbocycles. The van der Waals surface area contributed by atoms with Gasteiger partial charge in [-0.2, -0.15) is 0 Å². The molecule has 1 fully saturated rings. The van der Waals surface area contributed by atoms with E-state index in [1.165, 1.54) is 0 Å². The first-order valence-corrected chi connectivity index (χ1v) is 9.58. The lowest BCUT2D eigenvalue weighted by molar-refractivity contribution is -0.122. The summed E-state index contributed by atoms with van der Waals surface area (Å²) in [7, 11) is 0. The molecule has 28 heavy (non-hydrogen) atoms. The summed E-state index contributed by atoms with van der Waals surface area (Å²) < 4.78 is 11.1. The fraction of sp³-hybridized carbons (Fsp3) is 0.364. The van der Waals surface area contributed by atoms with E-state index in [-0.39, 0.29) is 11.8 Å². The number of ether oxygens (including phenoxy) is 2. The molecule has 0 aromatic heterocycles. The third-order valence-electron chi connectivity index (χ3n) is 4.61. The number of carbonyl (C=O) groups is 2. The third kappa shape index (κ3) is 5.10. The molecule has 3 rings (SSSR count). The van der Waals surface area contributed by atoms with Crippen molar-refractivity contribution in [3.63, 3.8) is 0 Å². The highest BCUT2D eigenvalue weighted by Gasteiger charge is 2.21. The second kappa shape index (κ2) is 9.37. The molecule has 0 aliphatic carbocycles. The standard InChI is InChI=1S/C22H26N2O4/c1-3-20(28-19-9-4-6-16(2)14-19)21(25)23-18-8-5-7-17(15-18)22(26)24-10-12-27-13-11-24/h4-9,14-15,20H,3,10-13H2,1-2H3,(H,23,25)/t20-/m1/s1. The van der Waals surface area contributed by atoms with E-state index in [0.29, 0.717) is 49.7 Å². The summed E-state index contributed by atoms with van der Waals surface area (Å²) in [6, 6.07) is 14.6. The third-order valence-corrected chi connectivity index (χ3v) is 4.61. The molecule has 2 aromatic rings. The number of nitrogens with zero attached hydrogens (tertiary/aromatic N) is 1. The summed E-state index contributed by atoms with van der Waals surface area (Å²) in [5.74, 6) is 0.376. The highest BCUT2D eigenvalue weighted by atomic mass is 16.5. The Kier molecular flexibility index (Phi) is 6.66. The van der Waals surface area contributed by atoms with Crippen LogP contribution in [0, 0.1) is 6.92 Å². The first-order valence-electron chi connectivity index (χ1n) is 9.58. The summed E-state index contributed by atoms with van der Waals surface area (Å²) in [4.78, 5) is 27.1. The fourth-order valence-electron chi connectivity index (χ4n) is 3.08. The Bertz CT molecular complexity index is 831. The van der Waals surface area contributed by atoms with Crippen molar-refractivity contribution in [2.75, 3.05) is 31.6 Å². The molecule has 2 aromatic carbocycles. The summed E-state index contributed by atoms with van der Waals surface area (Å²) in [5.41, 5.74) is 2.20. The van der Waals surface area contributed by atoms with Crippen molar-refractivity contribution in [3.8, 4) is 5.75 Å². The zero-order chi connectivity index (χ0) is 19.9. The smallest absolute Gasteiger partial charge is 0.265 e. The van der Waals surface area contributed by atoms with Crippen LogP contribution in [0.3, 0.4) is 0 Å². The number of anilines is 1. The molecule has 1 aliphatic rings. The molecule has 148 valence electrons. The lowest BCUT2D eigenvalue weighted by atomic mass is 10.1. The Morgan fingerprint density at radius 3 is 2.61 bits per heavy atom. The number of nitrogens with one attached hydrogen (secondary N) is 1. The minimum Gasteiger partial charge on any atom is -0.481 e. The van der Waals surface area contributed by atoms with Gasteiger partial charge in [0.15, 0.2) is 6.10 Å². The van der Waals surface area contributed by atoms with Crippen molar-refractivity contribution in [1.82, 2.24) is 4.90 Å². The summed E-state index contributed by atoms with van der Waals surface area (Å²) in [6.45, 7) is 6.14. The molecule has 0 unspecified atom stereocenters. The maximum Gasteiger partial charge on any atom is 0.265 e. The summed E-state index contributed by atoms with van der Waals surface area (Å²) in [6.07, 6.45) is -0.0768. The van der Waals surface area contributed by atoms with E-state index >= 15 is 0 Å². The van der Waals surface area contributed by atoms with Gasteiger partial charge in [-0.05, 0) is 49.2 Å². The van der Waals surface area contributed by atoms with Gasteiger partial charge >= 0.3 is 0 Å². The van der Waals surface area contributed by atoms with Gasteiger partial charge in [0.2, 0.25) is 0 Å². The SMILES string of the molecule is CC[C@@H](Oc1cccc(C)c1)C(=O)Nc1cccc(C(=O)N2CCOCC2)c1. The van der Waals surface area contributed by atoms with Gasteiger partial charge in [0.05, 0.1) is 13.2 Å². The van der Waals surface area contributed by atoms with E-state index in [1.54, 1.807) is 29.2 Å². The average Bonchev–Trinajstić information content (AvgIpc) is 2.72. The minimum atomic E-state index is -0.611. The number of carbonyl (C=O) groups excluding carboxylic acids is 2. The Morgan fingerprint density at radius 2 is 1.89 bits per heavy atom. The Morgan fingerprint density at radius 1 is 1.14 bits per heavy atom. The molecule has 6 nitrogen and oxygen atoms in total. The molecule has 6 heteroatoms. The van der Waals surface area contributed by atoms with Crippen molar-refractivity contribution >= 4 is 17.5 Å². The van der Waals surface area contributed by atoms with Crippen LogP contribution < -0.4 is 10.1 Å². The van der Waals surface area contributed by atoms with Crippen LogP contribution in [0.4, 0.5) is 5.69 Å². The maximum absolute atomic E-state index is 12.7. The van der Waals surface area contributed by atoms with E-state index < -0.39 is 6.10 Å². The van der Waals surface area contributed by atoms with Gasteiger partial charge < -0.3 is 19.7 Å². The van der Waals surface area contributed by atoms with Gasteiger partial charge in [0.25, 0.3) is 11.8 Å². The van der Waals surface area contributed by atoms with Crippen molar-refractivity contribution in [2.24, 2.45) is 0 Å². The minimum absolute atomic E-state index is 0.0533. The molecular weight excluding hydrogens is 356 g/mol. The van der Waals surface area contributed by atoms with E-state index in [4.69, 9.17) is 9.47 Å². The molecule has 1 saturated heterocycles. The summed E-state index contributed by atoms with van der Waals surface area (Å²) in [5, 5.41) is 2.87. The maximum atomic E-state index is 12.7.